The van der Waals surface area contributed by atoms with Gasteiger partial charge < -0.3 is 5.32 Å². The number of thiazole rings is 1. The fourth-order valence-electron chi connectivity index (χ4n) is 5.72. The SMILES string of the molecule is CC(C)CS(=O)(=O)N1CC(C)(C)CC2(CCN(CC(=O)Nc3nc(-c4ccc(F)cc4)cs3)CC2)C1. The maximum absolute atomic E-state index is 13.2. The topological polar surface area (TPSA) is 82.6 Å². The number of nitrogens with zero attached hydrogens (tertiary/aromatic N) is 3. The summed E-state index contributed by atoms with van der Waals surface area (Å²) in [6.45, 7) is 11.2. The van der Waals surface area contributed by atoms with Gasteiger partial charge in [0, 0.05) is 24.0 Å². The summed E-state index contributed by atoms with van der Waals surface area (Å²) in [6, 6.07) is 6.12. The van der Waals surface area contributed by atoms with Crippen molar-refractivity contribution in [3.63, 3.8) is 0 Å². The van der Waals surface area contributed by atoms with E-state index in [1.165, 1.54) is 23.5 Å². The van der Waals surface area contributed by atoms with Crippen molar-refractivity contribution in [1.82, 2.24) is 14.2 Å². The van der Waals surface area contributed by atoms with E-state index in [0.717, 1.165) is 37.9 Å². The van der Waals surface area contributed by atoms with Crippen LogP contribution in [0.2, 0.25) is 0 Å². The van der Waals surface area contributed by atoms with Crippen LogP contribution in [0.1, 0.15) is 47.0 Å². The van der Waals surface area contributed by atoms with Crippen LogP contribution in [0.3, 0.4) is 0 Å². The summed E-state index contributed by atoms with van der Waals surface area (Å²) >= 11 is 1.35. The Labute approximate surface area is 218 Å². The monoisotopic (exact) mass is 536 g/mol. The lowest BCUT2D eigenvalue weighted by Gasteiger charge is -2.52. The van der Waals surface area contributed by atoms with Crippen molar-refractivity contribution in [3.05, 3.63) is 35.5 Å². The molecule has 2 aliphatic heterocycles. The molecule has 198 valence electrons. The van der Waals surface area contributed by atoms with E-state index in [1.807, 2.05) is 19.2 Å². The summed E-state index contributed by atoms with van der Waals surface area (Å²) in [5.41, 5.74) is 1.38. The molecular formula is C26H37FN4O3S2. The van der Waals surface area contributed by atoms with E-state index in [-0.39, 0.29) is 40.8 Å². The molecular weight excluding hydrogens is 499 g/mol. The van der Waals surface area contributed by atoms with Crippen molar-refractivity contribution in [1.29, 1.82) is 0 Å². The van der Waals surface area contributed by atoms with Crippen molar-refractivity contribution >= 4 is 32.4 Å². The molecule has 0 saturated carbocycles. The summed E-state index contributed by atoms with van der Waals surface area (Å²) < 4.78 is 41.0. The Morgan fingerprint density at radius 2 is 1.83 bits per heavy atom. The first-order valence-electron chi connectivity index (χ1n) is 12.6. The number of hydrogen-bond acceptors (Lipinski definition) is 6. The van der Waals surface area contributed by atoms with Crippen LogP contribution in [-0.2, 0) is 14.8 Å². The lowest BCUT2D eigenvalue weighted by Crippen LogP contribution is -2.56. The van der Waals surface area contributed by atoms with Gasteiger partial charge in [0.1, 0.15) is 5.82 Å². The Hall–Kier alpha value is -1.88. The molecule has 1 aromatic heterocycles. The number of carbonyl (C=O) groups is 1. The van der Waals surface area contributed by atoms with Crippen molar-refractivity contribution in [3.8, 4) is 11.3 Å². The normalized spacial score (nSPS) is 20.6. The second kappa shape index (κ2) is 10.5. The van der Waals surface area contributed by atoms with Gasteiger partial charge in [0.25, 0.3) is 0 Å². The Bertz CT molecular complexity index is 1170. The van der Waals surface area contributed by atoms with Crippen LogP contribution in [0, 0.1) is 22.6 Å². The number of benzene rings is 1. The minimum atomic E-state index is -3.29. The summed E-state index contributed by atoms with van der Waals surface area (Å²) in [4.78, 5) is 19.3. The van der Waals surface area contributed by atoms with Crippen LogP contribution < -0.4 is 5.32 Å². The number of rotatable bonds is 7. The van der Waals surface area contributed by atoms with Crippen LogP contribution in [0.15, 0.2) is 29.6 Å². The van der Waals surface area contributed by atoms with Crippen molar-refractivity contribution in [2.24, 2.45) is 16.7 Å². The molecule has 36 heavy (non-hydrogen) atoms. The molecule has 0 aliphatic carbocycles. The second-order valence-electron chi connectivity index (χ2n) is 11.7. The molecule has 1 aromatic carbocycles. The number of carbonyl (C=O) groups excluding carboxylic acids is 1. The van der Waals surface area contributed by atoms with E-state index in [0.29, 0.717) is 23.9 Å². The van der Waals surface area contributed by atoms with Gasteiger partial charge in [-0.3, -0.25) is 9.69 Å². The molecule has 2 saturated heterocycles. The highest BCUT2D eigenvalue weighted by atomic mass is 32.2. The lowest BCUT2D eigenvalue weighted by atomic mass is 9.65. The molecule has 2 fully saturated rings. The van der Waals surface area contributed by atoms with Gasteiger partial charge in [0.05, 0.1) is 18.0 Å². The average Bonchev–Trinajstić information content (AvgIpc) is 3.22. The number of nitrogens with one attached hydrogen (secondary N) is 1. The number of anilines is 1. The number of sulfonamides is 1. The summed E-state index contributed by atoms with van der Waals surface area (Å²) in [6.07, 6.45) is 2.76. The van der Waals surface area contributed by atoms with Crippen LogP contribution >= 0.6 is 11.3 Å². The number of amides is 1. The Kier molecular flexibility index (Phi) is 7.90. The fraction of sp³-hybridized carbons (Fsp3) is 0.615. The third-order valence-electron chi connectivity index (χ3n) is 7.08. The molecule has 2 aromatic rings. The highest BCUT2D eigenvalue weighted by Gasteiger charge is 2.47. The minimum absolute atomic E-state index is 0.0435. The number of hydrogen-bond donors (Lipinski definition) is 1. The van der Waals surface area contributed by atoms with Gasteiger partial charge in [0.15, 0.2) is 5.13 Å². The maximum Gasteiger partial charge on any atom is 0.240 e. The standard InChI is InChI=1S/C26H37FN4O3S2/c1-19(2)15-36(33,34)31-17-25(3,4)16-26(18-31)9-11-30(12-10-26)13-23(32)29-24-28-22(14-35-24)20-5-7-21(27)8-6-20/h5-8,14,19H,9-13,15-18H2,1-4H3,(H,28,29,32). The summed E-state index contributed by atoms with van der Waals surface area (Å²) in [5.74, 6) is -0.130. The van der Waals surface area contributed by atoms with E-state index in [1.54, 1.807) is 16.4 Å². The second-order valence-corrected chi connectivity index (χ2v) is 14.5. The molecule has 1 spiro atoms. The molecule has 0 atom stereocenters. The van der Waals surface area contributed by atoms with Crippen LogP contribution in [0.25, 0.3) is 11.3 Å². The van der Waals surface area contributed by atoms with Gasteiger partial charge in [-0.1, -0.05) is 27.7 Å². The number of halogens is 1. The minimum Gasteiger partial charge on any atom is -0.301 e. The third-order valence-corrected chi connectivity index (χ3v) is 9.97. The van der Waals surface area contributed by atoms with E-state index in [2.05, 4.69) is 29.0 Å². The molecule has 1 N–H and O–H groups in total. The highest BCUT2D eigenvalue weighted by Crippen LogP contribution is 2.47. The highest BCUT2D eigenvalue weighted by molar-refractivity contribution is 7.89. The first kappa shape index (κ1) is 27.2. The van der Waals surface area contributed by atoms with Gasteiger partial charge in [-0.25, -0.2) is 22.1 Å². The molecule has 0 radical (unpaired) electrons. The van der Waals surface area contributed by atoms with Gasteiger partial charge in [0.2, 0.25) is 15.9 Å². The lowest BCUT2D eigenvalue weighted by molar-refractivity contribution is -0.118. The predicted octanol–water partition coefficient (Wildman–Crippen LogP) is 4.69. The van der Waals surface area contributed by atoms with Gasteiger partial charge in [-0.05, 0) is 73.4 Å². The molecule has 0 bridgehead atoms. The van der Waals surface area contributed by atoms with Gasteiger partial charge in [-0.15, -0.1) is 11.3 Å². The van der Waals surface area contributed by atoms with E-state index in [9.17, 15) is 17.6 Å². The van der Waals surface area contributed by atoms with Crippen molar-refractivity contribution in [2.75, 3.05) is 43.8 Å². The average molecular weight is 537 g/mol. The number of aromatic nitrogens is 1. The zero-order chi connectivity index (χ0) is 26.1. The van der Waals surface area contributed by atoms with Crippen LogP contribution in [0.4, 0.5) is 9.52 Å². The smallest absolute Gasteiger partial charge is 0.240 e. The quantitative estimate of drug-likeness (QED) is 0.555. The first-order valence-corrected chi connectivity index (χ1v) is 15.1. The molecule has 3 heterocycles. The zero-order valence-electron chi connectivity index (χ0n) is 21.6. The first-order chi connectivity index (χ1) is 16.8. The molecule has 10 heteroatoms. The van der Waals surface area contributed by atoms with Crippen LogP contribution in [-0.4, -0.2) is 67.0 Å². The van der Waals surface area contributed by atoms with Gasteiger partial charge >= 0.3 is 0 Å². The number of likely N-dealkylation sites (tertiary alicyclic amines) is 1. The Morgan fingerprint density at radius 1 is 1.17 bits per heavy atom. The largest absolute Gasteiger partial charge is 0.301 e. The maximum atomic E-state index is 13.2. The van der Waals surface area contributed by atoms with Crippen molar-refractivity contribution < 1.29 is 17.6 Å². The molecule has 0 unspecified atom stereocenters. The third kappa shape index (κ3) is 6.70. The van der Waals surface area contributed by atoms with E-state index in [4.69, 9.17) is 0 Å². The zero-order valence-corrected chi connectivity index (χ0v) is 23.2. The fourth-order valence-corrected chi connectivity index (χ4v) is 8.53. The van der Waals surface area contributed by atoms with Crippen LogP contribution in [0.5, 0.6) is 0 Å². The summed E-state index contributed by atoms with van der Waals surface area (Å²) in [5, 5.41) is 5.25. The van der Waals surface area contributed by atoms with Crippen molar-refractivity contribution in [2.45, 2.75) is 47.0 Å². The van der Waals surface area contributed by atoms with E-state index >= 15 is 0 Å². The molecule has 7 nitrogen and oxygen atoms in total. The summed E-state index contributed by atoms with van der Waals surface area (Å²) in [7, 11) is -3.29. The predicted molar refractivity (Wildman–Crippen MR) is 143 cm³/mol. The Morgan fingerprint density at radius 3 is 2.47 bits per heavy atom. The van der Waals surface area contributed by atoms with Gasteiger partial charge in [-0.2, -0.15) is 0 Å². The molecule has 1 amide bonds. The molecule has 2 aliphatic rings. The Balaban J connectivity index is 1.33. The number of piperidine rings is 2. The molecule has 4 rings (SSSR count). The van der Waals surface area contributed by atoms with E-state index < -0.39 is 10.0 Å².